The third-order valence-electron chi connectivity index (χ3n) is 2.56. The van der Waals surface area contributed by atoms with Crippen molar-refractivity contribution in [2.45, 2.75) is 39.5 Å². The Kier molecular flexibility index (Phi) is 4.39. The van der Waals surface area contributed by atoms with Crippen molar-refractivity contribution in [3.63, 3.8) is 0 Å². The zero-order chi connectivity index (χ0) is 13.1. The number of carbonyl (C=O) groups excluding carboxylic acids is 1. The van der Waals surface area contributed by atoms with Crippen molar-refractivity contribution in [3.8, 4) is 0 Å². The molecule has 1 rings (SSSR count). The Hall–Kier alpha value is -1.23. The maximum atomic E-state index is 11.6. The molecule has 0 saturated heterocycles. The topological polar surface area (TPSA) is 43.3 Å². The summed E-state index contributed by atoms with van der Waals surface area (Å²) in [5.41, 5.74) is 4.70. The largest absolute Gasteiger partial charge is 0.449 e. The molecule has 0 atom stereocenters. The van der Waals surface area contributed by atoms with Gasteiger partial charge in [-0.25, -0.2) is 10.2 Å². The molecule has 0 aliphatic rings. The van der Waals surface area contributed by atoms with Crippen molar-refractivity contribution in [1.29, 1.82) is 0 Å². The Labute approximate surface area is 104 Å². The molecular weight excluding hydrogens is 232 g/mol. The molecule has 1 N–H and O–H groups in total. The van der Waals surface area contributed by atoms with E-state index in [-0.39, 0.29) is 6.09 Å². The molecule has 0 aromatic carbocycles. The highest BCUT2D eigenvalue weighted by molar-refractivity contribution is 6.76. The van der Waals surface area contributed by atoms with Crippen LogP contribution < -0.4 is 5.43 Å². The standard InChI is InChI=1S/C12H22N2O2Si/c1-10-6-7-11(2)14(10)13-12(15)16-8-9-17(3,4)5/h6-7H,8-9H2,1-5H3,(H,13,15). The summed E-state index contributed by atoms with van der Waals surface area (Å²) >= 11 is 0. The van der Waals surface area contributed by atoms with Gasteiger partial charge in [0.2, 0.25) is 0 Å². The number of aryl methyl sites for hydroxylation is 2. The lowest BCUT2D eigenvalue weighted by Crippen LogP contribution is -2.28. The molecule has 17 heavy (non-hydrogen) atoms. The van der Waals surface area contributed by atoms with E-state index >= 15 is 0 Å². The average Bonchev–Trinajstić information content (AvgIpc) is 2.47. The lowest BCUT2D eigenvalue weighted by Gasteiger charge is -2.16. The SMILES string of the molecule is Cc1ccc(C)n1NC(=O)OCC[Si](C)(C)C. The van der Waals surface area contributed by atoms with Gasteiger partial charge in [-0.2, -0.15) is 0 Å². The lowest BCUT2D eigenvalue weighted by atomic mass is 10.5. The number of nitrogens with one attached hydrogen (secondary N) is 1. The van der Waals surface area contributed by atoms with E-state index in [1.807, 2.05) is 26.0 Å². The van der Waals surface area contributed by atoms with E-state index in [0.29, 0.717) is 6.61 Å². The van der Waals surface area contributed by atoms with Crippen molar-refractivity contribution in [3.05, 3.63) is 23.5 Å². The van der Waals surface area contributed by atoms with Crippen molar-refractivity contribution < 1.29 is 9.53 Å². The van der Waals surface area contributed by atoms with Gasteiger partial charge in [-0.15, -0.1) is 0 Å². The number of rotatable bonds is 4. The quantitative estimate of drug-likeness (QED) is 0.839. The molecule has 1 amide bonds. The molecule has 1 aromatic rings. The Morgan fingerprint density at radius 1 is 1.29 bits per heavy atom. The molecule has 0 unspecified atom stereocenters. The van der Waals surface area contributed by atoms with Crippen LogP contribution in [0.5, 0.6) is 0 Å². The van der Waals surface area contributed by atoms with Gasteiger partial charge >= 0.3 is 6.09 Å². The van der Waals surface area contributed by atoms with E-state index in [4.69, 9.17) is 4.74 Å². The zero-order valence-corrected chi connectivity index (χ0v) is 12.3. The molecule has 96 valence electrons. The fourth-order valence-electron chi connectivity index (χ4n) is 1.42. The highest BCUT2D eigenvalue weighted by Gasteiger charge is 2.14. The van der Waals surface area contributed by atoms with Crippen molar-refractivity contribution in [2.75, 3.05) is 12.0 Å². The number of hydrogen-bond acceptors (Lipinski definition) is 2. The minimum absolute atomic E-state index is 0.384. The van der Waals surface area contributed by atoms with Gasteiger partial charge in [-0.1, -0.05) is 19.6 Å². The fraction of sp³-hybridized carbons (Fsp3) is 0.583. The van der Waals surface area contributed by atoms with Gasteiger partial charge in [0.05, 0.1) is 6.61 Å². The summed E-state index contributed by atoms with van der Waals surface area (Å²) in [5, 5.41) is 0. The first-order chi connectivity index (χ1) is 7.79. The normalized spacial score (nSPS) is 11.4. The van der Waals surface area contributed by atoms with E-state index in [1.54, 1.807) is 4.68 Å². The van der Waals surface area contributed by atoms with Gasteiger partial charge in [0.15, 0.2) is 0 Å². The molecule has 0 bridgehead atoms. The van der Waals surface area contributed by atoms with Crippen LogP contribution in [-0.4, -0.2) is 25.5 Å². The number of ether oxygens (including phenoxy) is 1. The smallest absolute Gasteiger partial charge is 0.426 e. The van der Waals surface area contributed by atoms with Crippen molar-refractivity contribution in [1.82, 2.24) is 4.68 Å². The molecule has 0 saturated carbocycles. The predicted molar refractivity (Wildman–Crippen MR) is 72.8 cm³/mol. The van der Waals surface area contributed by atoms with E-state index in [9.17, 15) is 4.79 Å². The van der Waals surface area contributed by atoms with Gasteiger partial charge in [-0.3, -0.25) is 4.68 Å². The number of nitrogens with zero attached hydrogens (tertiary/aromatic N) is 1. The maximum Gasteiger partial charge on any atom is 0.426 e. The molecule has 0 aliphatic carbocycles. The van der Waals surface area contributed by atoms with E-state index in [0.717, 1.165) is 17.4 Å². The van der Waals surface area contributed by atoms with Crippen molar-refractivity contribution in [2.24, 2.45) is 0 Å². The van der Waals surface area contributed by atoms with E-state index in [1.165, 1.54) is 0 Å². The van der Waals surface area contributed by atoms with Crippen LogP contribution in [0.1, 0.15) is 11.4 Å². The number of hydrogen-bond donors (Lipinski definition) is 1. The molecule has 1 aromatic heterocycles. The first kappa shape index (κ1) is 13.8. The summed E-state index contributed by atoms with van der Waals surface area (Å²) in [5.74, 6) is 0. The van der Waals surface area contributed by atoms with Crippen LogP contribution in [0.15, 0.2) is 12.1 Å². The molecule has 4 nitrogen and oxygen atoms in total. The average molecular weight is 254 g/mol. The van der Waals surface area contributed by atoms with Gasteiger partial charge in [0.25, 0.3) is 0 Å². The summed E-state index contributed by atoms with van der Waals surface area (Å²) in [4.78, 5) is 11.6. The molecular formula is C12H22N2O2Si. The van der Waals surface area contributed by atoms with Crippen LogP contribution in [0.4, 0.5) is 4.79 Å². The van der Waals surface area contributed by atoms with Crippen LogP contribution in [0, 0.1) is 13.8 Å². The molecule has 0 fully saturated rings. The van der Waals surface area contributed by atoms with Crippen LogP contribution >= 0.6 is 0 Å². The lowest BCUT2D eigenvalue weighted by molar-refractivity contribution is 0.164. The first-order valence-corrected chi connectivity index (χ1v) is 9.59. The van der Waals surface area contributed by atoms with Crippen LogP contribution in [0.25, 0.3) is 0 Å². The molecule has 0 radical (unpaired) electrons. The summed E-state index contributed by atoms with van der Waals surface area (Å²) in [6.07, 6.45) is -0.384. The summed E-state index contributed by atoms with van der Waals surface area (Å²) in [6.45, 7) is 11.2. The zero-order valence-electron chi connectivity index (χ0n) is 11.3. The fourth-order valence-corrected chi connectivity index (χ4v) is 2.13. The summed E-state index contributed by atoms with van der Waals surface area (Å²) in [7, 11) is -1.14. The highest BCUT2D eigenvalue weighted by atomic mass is 28.3. The highest BCUT2D eigenvalue weighted by Crippen LogP contribution is 2.08. The minimum Gasteiger partial charge on any atom is -0.449 e. The Morgan fingerprint density at radius 2 is 1.82 bits per heavy atom. The Bertz CT molecular complexity index is 374. The monoisotopic (exact) mass is 254 g/mol. The molecule has 1 heterocycles. The third kappa shape index (κ3) is 4.64. The first-order valence-electron chi connectivity index (χ1n) is 5.88. The third-order valence-corrected chi connectivity index (χ3v) is 4.26. The second-order valence-electron chi connectivity index (χ2n) is 5.51. The second-order valence-corrected chi connectivity index (χ2v) is 11.1. The van der Waals surface area contributed by atoms with Crippen LogP contribution in [0.2, 0.25) is 25.7 Å². The molecule has 5 heteroatoms. The molecule has 0 spiro atoms. The maximum absolute atomic E-state index is 11.6. The number of amides is 1. The summed E-state index contributed by atoms with van der Waals surface area (Å²) in [6, 6.07) is 4.90. The number of carbonyl (C=O) groups is 1. The summed E-state index contributed by atoms with van der Waals surface area (Å²) < 4.78 is 6.90. The van der Waals surface area contributed by atoms with Gasteiger partial charge in [-0.05, 0) is 32.0 Å². The van der Waals surface area contributed by atoms with Crippen LogP contribution in [-0.2, 0) is 4.74 Å². The van der Waals surface area contributed by atoms with Crippen molar-refractivity contribution >= 4 is 14.2 Å². The Balaban J connectivity index is 2.41. The van der Waals surface area contributed by atoms with Gasteiger partial charge < -0.3 is 4.74 Å². The van der Waals surface area contributed by atoms with Crippen LogP contribution in [0.3, 0.4) is 0 Å². The minimum atomic E-state index is -1.14. The van der Waals surface area contributed by atoms with Gasteiger partial charge in [0.1, 0.15) is 0 Å². The second kappa shape index (κ2) is 5.40. The van der Waals surface area contributed by atoms with E-state index < -0.39 is 8.07 Å². The van der Waals surface area contributed by atoms with E-state index in [2.05, 4.69) is 25.1 Å². The predicted octanol–water partition coefficient (Wildman–Crippen LogP) is 3.12. The molecule has 0 aliphatic heterocycles. The number of aromatic nitrogens is 1. The Morgan fingerprint density at radius 3 is 2.29 bits per heavy atom. The van der Waals surface area contributed by atoms with Gasteiger partial charge in [0, 0.05) is 19.5 Å².